The zero-order valence-electron chi connectivity index (χ0n) is 10.4. The molecule has 0 atom stereocenters. The molecule has 2 nitrogen and oxygen atoms in total. The molecule has 0 aliphatic rings. The third-order valence-corrected chi connectivity index (χ3v) is 3.66. The highest BCUT2D eigenvalue weighted by molar-refractivity contribution is 5.79. The summed E-state index contributed by atoms with van der Waals surface area (Å²) < 4.78 is 7.94. The lowest BCUT2D eigenvalue weighted by atomic mass is 9.98. The highest BCUT2D eigenvalue weighted by atomic mass is 16.3. The van der Waals surface area contributed by atoms with E-state index in [9.17, 15) is 0 Å². The van der Waals surface area contributed by atoms with Gasteiger partial charge in [-0.2, -0.15) is 4.57 Å². The molecule has 0 bridgehead atoms. The van der Waals surface area contributed by atoms with E-state index in [0.29, 0.717) is 0 Å². The summed E-state index contributed by atoms with van der Waals surface area (Å²) in [5.41, 5.74) is 7.57. The van der Waals surface area contributed by atoms with Crippen molar-refractivity contribution in [3.8, 4) is 0 Å². The van der Waals surface area contributed by atoms with Crippen LogP contribution >= 0.6 is 0 Å². The van der Waals surface area contributed by atoms with Crippen LogP contribution in [-0.2, 0) is 7.05 Å². The van der Waals surface area contributed by atoms with Crippen LogP contribution in [0.2, 0.25) is 0 Å². The third kappa shape index (κ3) is 1.21. The van der Waals surface area contributed by atoms with Gasteiger partial charge in [0.25, 0.3) is 5.52 Å². The fraction of sp³-hybridized carbons (Fsp3) is 0.462. The van der Waals surface area contributed by atoms with E-state index in [0.717, 1.165) is 11.5 Å². The van der Waals surface area contributed by atoms with Crippen molar-refractivity contribution >= 4 is 11.1 Å². The molecular weight excluding hydrogens is 186 g/mol. The normalized spacial score (nSPS) is 11.3. The first-order valence-electron chi connectivity index (χ1n) is 5.30. The first-order chi connectivity index (χ1) is 6.95. The zero-order chi connectivity index (χ0) is 11.3. The standard InChI is InChI=1S/C13H18NO/c1-7-8(2)10(4)13-12(9(7)3)14(6)11(5)15-13/h1-6H3/q+1. The van der Waals surface area contributed by atoms with Gasteiger partial charge in [0.05, 0.1) is 6.92 Å². The molecule has 1 heterocycles. The average molecular weight is 204 g/mol. The minimum absolute atomic E-state index is 0.959. The van der Waals surface area contributed by atoms with Gasteiger partial charge in [0, 0.05) is 11.1 Å². The van der Waals surface area contributed by atoms with Gasteiger partial charge in [0.2, 0.25) is 5.58 Å². The molecular formula is C13H18NO+. The SMILES string of the molecule is Cc1c(C)c(C)c2c(oc(C)[n+]2C)c1C. The smallest absolute Gasteiger partial charge is 0.344 e. The maximum Gasteiger partial charge on any atom is 0.344 e. The molecule has 0 N–H and O–H groups in total. The molecule has 1 aromatic heterocycles. The molecule has 80 valence electrons. The number of aromatic nitrogens is 1. The highest BCUT2D eigenvalue weighted by Crippen LogP contribution is 2.27. The van der Waals surface area contributed by atoms with E-state index in [2.05, 4.69) is 39.3 Å². The predicted molar refractivity (Wildman–Crippen MR) is 61.1 cm³/mol. The zero-order valence-corrected chi connectivity index (χ0v) is 10.4. The summed E-state index contributed by atoms with van der Waals surface area (Å²) in [6.07, 6.45) is 0. The second-order valence-electron chi connectivity index (χ2n) is 4.36. The lowest BCUT2D eigenvalue weighted by molar-refractivity contribution is -0.657. The molecule has 0 spiro atoms. The van der Waals surface area contributed by atoms with Gasteiger partial charge in [-0.05, 0) is 38.8 Å². The van der Waals surface area contributed by atoms with Gasteiger partial charge in [-0.3, -0.25) is 0 Å². The van der Waals surface area contributed by atoms with Gasteiger partial charge < -0.3 is 4.42 Å². The Labute approximate surface area is 90.5 Å². The van der Waals surface area contributed by atoms with Crippen molar-refractivity contribution in [2.24, 2.45) is 7.05 Å². The van der Waals surface area contributed by atoms with Crippen molar-refractivity contribution in [3.05, 3.63) is 28.1 Å². The number of hydrogen-bond donors (Lipinski definition) is 0. The van der Waals surface area contributed by atoms with E-state index in [1.807, 2.05) is 6.92 Å². The largest absolute Gasteiger partial charge is 0.401 e. The summed E-state index contributed by atoms with van der Waals surface area (Å²) in [5, 5.41) is 0. The molecule has 0 unspecified atom stereocenters. The van der Waals surface area contributed by atoms with Gasteiger partial charge in [-0.15, -0.1) is 0 Å². The number of nitrogens with zero attached hydrogens (tertiary/aromatic N) is 1. The molecule has 0 radical (unpaired) electrons. The number of fused-ring (bicyclic) bond motifs is 1. The van der Waals surface area contributed by atoms with Crippen LogP contribution in [0.5, 0.6) is 0 Å². The number of rotatable bonds is 0. The van der Waals surface area contributed by atoms with Crippen LogP contribution in [0.25, 0.3) is 11.1 Å². The number of hydrogen-bond acceptors (Lipinski definition) is 1. The average Bonchev–Trinajstić information content (AvgIpc) is 2.50. The van der Waals surface area contributed by atoms with Crippen LogP contribution in [0.15, 0.2) is 4.42 Å². The Bertz CT molecular complexity index is 550. The number of oxazole rings is 1. The lowest BCUT2D eigenvalue weighted by Crippen LogP contribution is -2.30. The summed E-state index contributed by atoms with van der Waals surface area (Å²) in [5.74, 6) is 0.959. The van der Waals surface area contributed by atoms with Gasteiger partial charge in [-0.25, -0.2) is 0 Å². The molecule has 0 fully saturated rings. The Kier molecular flexibility index (Phi) is 2.10. The van der Waals surface area contributed by atoms with Gasteiger partial charge >= 0.3 is 5.89 Å². The van der Waals surface area contributed by atoms with E-state index in [1.54, 1.807) is 0 Å². The Morgan fingerprint density at radius 2 is 1.33 bits per heavy atom. The molecule has 0 aliphatic heterocycles. The maximum absolute atomic E-state index is 5.81. The van der Waals surface area contributed by atoms with Crippen LogP contribution in [0.3, 0.4) is 0 Å². The van der Waals surface area contributed by atoms with Gasteiger partial charge in [0.1, 0.15) is 7.05 Å². The molecule has 2 aromatic rings. The Hall–Kier alpha value is -1.31. The van der Waals surface area contributed by atoms with Crippen LogP contribution in [0.1, 0.15) is 28.1 Å². The van der Waals surface area contributed by atoms with Crippen LogP contribution < -0.4 is 4.57 Å². The van der Waals surface area contributed by atoms with Crippen LogP contribution in [0, 0.1) is 34.6 Å². The second kappa shape index (κ2) is 3.09. The molecule has 0 aliphatic carbocycles. The fourth-order valence-electron chi connectivity index (χ4n) is 2.16. The monoisotopic (exact) mass is 204 g/mol. The van der Waals surface area contributed by atoms with Crippen molar-refractivity contribution in [2.75, 3.05) is 0 Å². The molecule has 0 saturated heterocycles. The van der Waals surface area contributed by atoms with Crippen molar-refractivity contribution in [2.45, 2.75) is 34.6 Å². The second-order valence-corrected chi connectivity index (χ2v) is 4.36. The van der Waals surface area contributed by atoms with Crippen molar-refractivity contribution in [1.82, 2.24) is 0 Å². The molecule has 15 heavy (non-hydrogen) atoms. The van der Waals surface area contributed by atoms with Crippen molar-refractivity contribution in [3.63, 3.8) is 0 Å². The summed E-state index contributed by atoms with van der Waals surface area (Å²) in [4.78, 5) is 0. The van der Waals surface area contributed by atoms with E-state index in [4.69, 9.17) is 4.42 Å². The summed E-state index contributed by atoms with van der Waals surface area (Å²) >= 11 is 0. The summed E-state index contributed by atoms with van der Waals surface area (Å²) in [6, 6.07) is 0. The molecule has 1 aromatic carbocycles. The van der Waals surface area contributed by atoms with Crippen molar-refractivity contribution < 1.29 is 8.98 Å². The molecule has 2 heteroatoms. The quantitative estimate of drug-likeness (QED) is 0.603. The van der Waals surface area contributed by atoms with Crippen LogP contribution in [0.4, 0.5) is 0 Å². The number of aryl methyl sites for hydroxylation is 4. The highest BCUT2D eigenvalue weighted by Gasteiger charge is 2.22. The maximum atomic E-state index is 5.81. The predicted octanol–water partition coefficient (Wildman–Crippen LogP) is 2.80. The molecule has 0 amide bonds. The van der Waals surface area contributed by atoms with Crippen molar-refractivity contribution in [1.29, 1.82) is 0 Å². The lowest BCUT2D eigenvalue weighted by Gasteiger charge is -2.06. The van der Waals surface area contributed by atoms with E-state index < -0.39 is 0 Å². The summed E-state index contributed by atoms with van der Waals surface area (Å²) in [6.45, 7) is 10.6. The summed E-state index contributed by atoms with van der Waals surface area (Å²) in [7, 11) is 2.06. The third-order valence-electron chi connectivity index (χ3n) is 3.66. The van der Waals surface area contributed by atoms with E-state index in [1.165, 1.54) is 27.8 Å². The van der Waals surface area contributed by atoms with Gasteiger partial charge in [0.15, 0.2) is 0 Å². The Morgan fingerprint density at radius 3 is 1.93 bits per heavy atom. The Balaban J connectivity index is 3.07. The first-order valence-corrected chi connectivity index (χ1v) is 5.30. The first kappa shape index (κ1) is 10.2. The molecule has 2 rings (SSSR count). The Morgan fingerprint density at radius 1 is 0.800 bits per heavy atom. The molecule has 0 saturated carbocycles. The minimum Gasteiger partial charge on any atom is -0.401 e. The minimum atomic E-state index is 0.959. The van der Waals surface area contributed by atoms with Gasteiger partial charge in [-0.1, -0.05) is 0 Å². The van der Waals surface area contributed by atoms with E-state index >= 15 is 0 Å². The number of benzene rings is 1. The fourth-order valence-corrected chi connectivity index (χ4v) is 2.16. The van der Waals surface area contributed by atoms with E-state index in [-0.39, 0.29) is 0 Å². The van der Waals surface area contributed by atoms with Crippen LogP contribution in [-0.4, -0.2) is 0 Å². The topological polar surface area (TPSA) is 17.0 Å².